The molecule has 1 aromatic rings. The Morgan fingerprint density at radius 2 is 1.53 bits per heavy atom. The first kappa shape index (κ1) is 29.2. The number of carbonyl (C=O) groups excluding carboxylic acids is 1. The molecule has 1 aromatic carbocycles. The van der Waals surface area contributed by atoms with Crippen LogP contribution in [-0.4, -0.2) is 12.6 Å². The van der Waals surface area contributed by atoms with Crippen LogP contribution in [0, 0.1) is 11.3 Å². The van der Waals surface area contributed by atoms with Gasteiger partial charge in [0.1, 0.15) is 0 Å². The summed E-state index contributed by atoms with van der Waals surface area (Å²) in [4.78, 5) is 13.5. The Bertz CT molecular complexity index is 811. The van der Waals surface area contributed by atoms with Gasteiger partial charge in [-0.15, -0.1) is 0 Å². The minimum absolute atomic E-state index is 0.0729. The fourth-order valence-corrected chi connectivity index (χ4v) is 7.39. The normalized spacial score (nSPS) is 25.4. The molecule has 0 unspecified atom stereocenters. The lowest BCUT2D eigenvalue weighted by Gasteiger charge is -2.54. The van der Waals surface area contributed by atoms with Crippen LogP contribution in [0.25, 0.3) is 0 Å². The SMILES string of the molecule is CCCCCCCCCCCCCCOC(=O)[C@@]1(C)CCC[C@]2(C)c3ccc(C(C)C)cc3CC[C@@H]12. The third-order valence-electron chi connectivity index (χ3n) is 9.74. The standard InChI is InChI=1S/C34H56O2/c1-6-7-8-9-10-11-12-13-14-15-16-17-25-36-32(35)34(5)24-18-23-33(4)30-21-19-28(27(2)3)26-29(30)20-22-31(33)34/h19,21,26-27,31H,6-18,20,22-25H2,1-5H3/t31-,33-,34+/m1/s1. The van der Waals surface area contributed by atoms with Crippen molar-refractivity contribution in [1.82, 2.24) is 0 Å². The summed E-state index contributed by atoms with van der Waals surface area (Å²) in [5.74, 6) is 1.02. The molecule has 0 radical (unpaired) electrons. The summed E-state index contributed by atoms with van der Waals surface area (Å²) in [5, 5.41) is 0. The molecule has 0 spiro atoms. The molecule has 0 aromatic heterocycles. The molecule has 0 amide bonds. The monoisotopic (exact) mass is 496 g/mol. The molecular formula is C34H56O2. The molecule has 204 valence electrons. The van der Waals surface area contributed by atoms with Crippen LogP contribution >= 0.6 is 0 Å². The Hall–Kier alpha value is -1.31. The largest absolute Gasteiger partial charge is 0.465 e. The van der Waals surface area contributed by atoms with E-state index in [0.717, 1.165) is 32.1 Å². The van der Waals surface area contributed by atoms with Crippen molar-refractivity contribution in [2.75, 3.05) is 6.61 Å². The summed E-state index contributed by atoms with van der Waals surface area (Å²) in [7, 11) is 0. The van der Waals surface area contributed by atoms with E-state index in [2.05, 4.69) is 52.8 Å². The molecule has 0 aliphatic heterocycles. The summed E-state index contributed by atoms with van der Waals surface area (Å²) in [6.45, 7) is 12.1. The summed E-state index contributed by atoms with van der Waals surface area (Å²) < 4.78 is 5.97. The number of carbonyl (C=O) groups is 1. The summed E-state index contributed by atoms with van der Waals surface area (Å²) in [6, 6.07) is 7.16. The molecule has 2 nitrogen and oxygen atoms in total. The lowest BCUT2D eigenvalue weighted by molar-refractivity contribution is -0.164. The summed E-state index contributed by atoms with van der Waals surface area (Å²) in [5.41, 5.74) is 4.21. The van der Waals surface area contributed by atoms with Gasteiger partial charge < -0.3 is 4.74 Å². The minimum Gasteiger partial charge on any atom is -0.465 e. The van der Waals surface area contributed by atoms with Crippen LogP contribution < -0.4 is 0 Å². The number of esters is 1. The quantitative estimate of drug-likeness (QED) is 0.178. The van der Waals surface area contributed by atoms with Crippen molar-refractivity contribution in [2.45, 2.75) is 155 Å². The van der Waals surface area contributed by atoms with Gasteiger partial charge in [-0.3, -0.25) is 4.79 Å². The number of rotatable bonds is 15. The van der Waals surface area contributed by atoms with Gasteiger partial charge in [-0.25, -0.2) is 0 Å². The minimum atomic E-state index is -0.349. The topological polar surface area (TPSA) is 26.3 Å². The molecule has 1 fully saturated rings. The first-order chi connectivity index (χ1) is 17.3. The van der Waals surface area contributed by atoms with Crippen LogP contribution in [0.5, 0.6) is 0 Å². The van der Waals surface area contributed by atoms with Gasteiger partial charge in [0.2, 0.25) is 0 Å². The zero-order valence-corrected chi connectivity index (χ0v) is 24.4. The zero-order chi connectivity index (χ0) is 26.0. The predicted octanol–water partition coefficient (Wildman–Crippen LogP) is 10.1. The number of hydrogen-bond acceptors (Lipinski definition) is 2. The highest BCUT2D eigenvalue weighted by molar-refractivity contribution is 5.77. The Balaban J connectivity index is 1.41. The van der Waals surface area contributed by atoms with Gasteiger partial charge in [-0.2, -0.15) is 0 Å². The Kier molecular flexibility index (Phi) is 11.4. The molecule has 1 saturated carbocycles. The predicted molar refractivity (Wildman–Crippen MR) is 154 cm³/mol. The fourth-order valence-electron chi connectivity index (χ4n) is 7.39. The first-order valence-corrected chi connectivity index (χ1v) is 15.6. The van der Waals surface area contributed by atoms with Crippen LogP contribution in [0.4, 0.5) is 0 Å². The van der Waals surface area contributed by atoms with Crippen LogP contribution in [0.15, 0.2) is 18.2 Å². The third kappa shape index (κ3) is 7.16. The van der Waals surface area contributed by atoms with Crippen molar-refractivity contribution >= 4 is 5.97 Å². The number of ether oxygens (including phenoxy) is 1. The highest BCUT2D eigenvalue weighted by atomic mass is 16.5. The molecule has 36 heavy (non-hydrogen) atoms. The smallest absolute Gasteiger partial charge is 0.312 e. The lowest BCUT2D eigenvalue weighted by atomic mass is 9.49. The average Bonchev–Trinajstić information content (AvgIpc) is 2.86. The van der Waals surface area contributed by atoms with Crippen LogP contribution in [-0.2, 0) is 21.4 Å². The highest BCUT2D eigenvalue weighted by Gasteiger charge is 2.55. The van der Waals surface area contributed by atoms with E-state index in [0.29, 0.717) is 18.4 Å². The van der Waals surface area contributed by atoms with Gasteiger partial charge in [0.15, 0.2) is 0 Å². The third-order valence-corrected chi connectivity index (χ3v) is 9.74. The van der Waals surface area contributed by atoms with Gasteiger partial charge in [0.25, 0.3) is 0 Å². The molecule has 0 saturated heterocycles. The second-order valence-corrected chi connectivity index (χ2v) is 12.9. The van der Waals surface area contributed by atoms with Crippen molar-refractivity contribution < 1.29 is 9.53 Å². The second kappa shape index (κ2) is 14.0. The fraction of sp³-hybridized carbons (Fsp3) is 0.794. The maximum Gasteiger partial charge on any atom is 0.312 e. The molecule has 2 aliphatic rings. The van der Waals surface area contributed by atoms with Crippen molar-refractivity contribution in [2.24, 2.45) is 11.3 Å². The lowest BCUT2D eigenvalue weighted by Crippen LogP contribution is -2.52. The van der Waals surface area contributed by atoms with E-state index in [1.165, 1.54) is 93.7 Å². The van der Waals surface area contributed by atoms with Gasteiger partial charge in [0, 0.05) is 0 Å². The van der Waals surface area contributed by atoms with Crippen molar-refractivity contribution in [1.29, 1.82) is 0 Å². The van der Waals surface area contributed by atoms with Crippen molar-refractivity contribution in [3.8, 4) is 0 Å². The van der Waals surface area contributed by atoms with Crippen molar-refractivity contribution in [3.63, 3.8) is 0 Å². The highest BCUT2D eigenvalue weighted by Crippen LogP contribution is 2.57. The maximum absolute atomic E-state index is 13.5. The maximum atomic E-state index is 13.5. The molecule has 0 heterocycles. The van der Waals surface area contributed by atoms with Crippen LogP contribution in [0.2, 0.25) is 0 Å². The summed E-state index contributed by atoms with van der Waals surface area (Å²) >= 11 is 0. The van der Waals surface area contributed by atoms with Crippen LogP contribution in [0.3, 0.4) is 0 Å². The van der Waals surface area contributed by atoms with E-state index in [1.54, 1.807) is 0 Å². The van der Waals surface area contributed by atoms with Crippen molar-refractivity contribution in [3.05, 3.63) is 34.9 Å². The molecule has 0 N–H and O–H groups in total. The van der Waals surface area contributed by atoms with E-state index < -0.39 is 0 Å². The van der Waals surface area contributed by atoms with Gasteiger partial charge in [-0.1, -0.05) is 123 Å². The van der Waals surface area contributed by atoms with Gasteiger partial charge in [-0.05, 0) is 73.0 Å². The molecule has 2 aliphatic carbocycles. The average molecular weight is 497 g/mol. The first-order valence-electron chi connectivity index (χ1n) is 15.6. The Morgan fingerprint density at radius 3 is 2.14 bits per heavy atom. The van der Waals surface area contributed by atoms with E-state index >= 15 is 0 Å². The van der Waals surface area contributed by atoms with E-state index in [-0.39, 0.29) is 16.8 Å². The number of fused-ring (bicyclic) bond motifs is 3. The molecular weight excluding hydrogens is 440 g/mol. The van der Waals surface area contributed by atoms with E-state index in [1.807, 2.05) is 0 Å². The second-order valence-electron chi connectivity index (χ2n) is 12.9. The van der Waals surface area contributed by atoms with Gasteiger partial charge in [0.05, 0.1) is 12.0 Å². The molecule has 3 rings (SSSR count). The van der Waals surface area contributed by atoms with E-state index in [9.17, 15) is 4.79 Å². The van der Waals surface area contributed by atoms with E-state index in [4.69, 9.17) is 4.74 Å². The molecule has 2 heteroatoms. The van der Waals surface area contributed by atoms with Gasteiger partial charge >= 0.3 is 5.97 Å². The number of hydrogen-bond donors (Lipinski definition) is 0. The zero-order valence-electron chi connectivity index (χ0n) is 24.4. The number of benzene rings is 1. The Morgan fingerprint density at radius 1 is 0.917 bits per heavy atom. The number of aryl methyl sites for hydroxylation is 1. The molecule has 3 atom stereocenters. The molecule has 0 bridgehead atoms. The summed E-state index contributed by atoms with van der Waals surface area (Å²) in [6.07, 6.45) is 21.4. The van der Waals surface area contributed by atoms with Crippen LogP contribution in [0.1, 0.15) is 160 Å². The number of unbranched alkanes of at least 4 members (excludes halogenated alkanes) is 11. The Labute approximate surface area is 223 Å².